The van der Waals surface area contributed by atoms with Crippen molar-refractivity contribution >= 4 is 47.5 Å². The summed E-state index contributed by atoms with van der Waals surface area (Å²) >= 11 is 1.41. The normalized spacial score (nSPS) is 20.4. The fourth-order valence-corrected chi connectivity index (χ4v) is 5.80. The van der Waals surface area contributed by atoms with Crippen LogP contribution in [0.4, 0.5) is 0 Å². The fraction of sp³-hybridized carbons (Fsp3) is 0.636. The van der Waals surface area contributed by atoms with Crippen molar-refractivity contribution in [1.82, 2.24) is 5.32 Å². The minimum Gasteiger partial charge on any atom is -0.462 e. The first kappa shape index (κ1) is 44.7. The molecule has 1 fully saturated rings. The minimum absolute atomic E-state index is 0.101. The molecule has 0 saturated carbocycles. The third kappa shape index (κ3) is 16.8. The molecule has 0 spiro atoms. The molecule has 1 aliphatic heterocycles. The van der Waals surface area contributed by atoms with Gasteiger partial charge in [0.05, 0.1) is 45.5 Å². The molecule has 1 N–H and O–H groups in total. The summed E-state index contributed by atoms with van der Waals surface area (Å²) < 4.78 is 50.6. The summed E-state index contributed by atoms with van der Waals surface area (Å²) in [6, 6.07) is 8.00. The number of carbonyl (C=O) groups excluding carboxylic acids is 6. The van der Waals surface area contributed by atoms with Gasteiger partial charge >= 0.3 is 29.8 Å². The van der Waals surface area contributed by atoms with Crippen LogP contribution in [0.3, 0.4) is 0 Å². The highest BCUT2D eigenvalue weighted by molar-refractivity contribution is 7.99. The van der Waals surface area contributed by atoms with Crippen molar-refractivity contribution in [3.05, 3.63) is 40.8 Å². The first-order chi connectivity index (χ1) is 25.3. The van der Waals surface area contributed by atoms with Gasteiger partial charge in [0.2, 0.25) is 5.91 Å². The number of nitrogens with one attached hydrogen (secondary N) is 1. The van der Waals surface area contributed by atoms with Crippen molar-refractivity contribution in [1.29, 1.82) is 0 Å². The molecule has 0 bridgehead atoms. The summed E-state index contributed by atoms with van der Waals surface area (Å²) in [5.41, 5.74) is 8.36. The number of carbonyl (C=O) groups is 6. The molecule has 1 heterocycles. The second-order valence-corrected chi connectivity index (χ2v) is 12.4. The number of nitrogens with zero attached hydrogens (tertiary/aromatic N) is 3. The zero-order valence-electron chi connectivity index (χ0n) is 30.2. The Morgan fingerprint density at radius 1 is 0.887 bits per heavy atom. The van der Waals surface area contributed by atoms with Crippen molar-refractivity contribution < 1.29 is 71.4 Å². The third-order valence-electron chi connectivity index (χ3n) is 6.97. The quantitative estimate of drug-likeness (QED) is 0.0318. The topological polar surface area (TPSA) is 246 Å². The van der Waals surface area contributed by atoms with Gasteiger partial charge in [0.1, 0.15) is 25.4 Å². The van der Waals surface area contributed by atoms with E-state index in [2.05, 4.69) is 15.3 Å². The van der Waals surface area contributed by atoms with Crippen LogP contribution in [0.25, 0.3) is 10.4 Å². The van der Waals surface area contributed by atoms with Crippen molar-refractivity contribution in [2.75, 3.05) is 58.5 Å². The Morgan fingerprint density at radius 2 is 1.55 bits per heavy atom. The zero-order chi connectivity index (χ0) is 39.2. The van der Waals surface area contributed by atoms with Gasteiger partial charge in [-0.1, -0.05) is 23.3 Å². The number of ether oxygens (including phenoxy) is 9. The molecule has 1 aromatic carbocycles. The Morgan fingerprint density at radius 3 is 2.15 bits per heavy atom. The maximum absolute atomic E-state index is 14.1. The summed E-state index contributed by atoms with van der Waals surface area (Å²) in [4.78, 5) is 79.1. The highest BCUT2D eigenvalue weighted by atomic mass is 32.2. The van der Waals surface area contributed by atoms with Crippen molar-refractivity contribution in [3.8, 4) is 0 Å². The molecule has 1 amide bonds. The molecule has 0 unspecified atom stereocenters. The van der Waals surface area contributed by atoms with Gasteiger partial charge in [-0.15, -0.1) is 11.8 Å². The first-order valence-corrected chi connectivity index (χ1v) is 17.5. The van der Waals surface area contributed by atoms with E-state index >= 15 is 0 Å². The molecule has 1 aromatic rings. The van der Waals surface area contributed by atoms with Gasteiger partial charge in [0.25, 0.3) is 5.79 Å². The number of hydrogen-bond donors (Lipinski definition) is 1. The van der Waals surface area contributed by atoms with E-state index < -0.39 is 85.0 Å². The Balaban J connectivity index is 2.52. The molecule has 53 heavy (non-hydrogen) atoms. The van der Waals surface area contributed by atoms with Gasteiger partial charge in [0.15, 0.2) is 12.2 Å². The van der Waals surface area contributed by atoms with Crippen molar-refractivity contribution in [2.24, 2.45) is 5.11 Å². The number of amides is 1. The number of azide groups is 1. The van der Waals surface area contributed by atoms with Gasteiger partial charge in [-0.2, -0.15) is 0 Å². The second kappa shape index (κ2) is 24.0. The molecular formula is C33H46N4O15S. The number of rotatable bonds is 23. The summed E-state index contributed by atoms with van der Waals surface area (Å²) in [5.74, 6) is -7.08. The molecule has 0 aromatic heterocycles. The average molecular weight is 771 g/mol. The lowest BCUT2D eigenvalue weighted by atomic mass is 9.88. The average Bonchev–Trinajstić information content (AvgIpc) is 3.09. The number of hydrogen-bond acceptors (Lipinski definition) is 17. The maximum Gasteiger partial charge on any atom is 0.367 e. The largest absolute Gasteiger partial charge is 0.462 e. The lowest BCUT2D eigenvalue weighted by molar-refractivity contribution is -0.316. The van der Waals surface area contributed by atoms with Gasteiger partial charge in [-0.25, -0.2) is 4.79 Å². The van der Waals surface area contributed by atoms with E-state index in [-0.39, 0.29) is 46.2 Å². The predicted octanol–water partition coefficient (Wildman–Crippen LogP) is 2.03. The van der Waals surface area contributed by atoms with Gasteiger partial charge in [0, 0.05) is 56.7 Å². The predicted molar refractivity (Wildman–Crippen MR) is 183 cm³/mol. The van der Waals surface area contributed by atoms with Crippen LogP contribution in [-0.4, -0.2) is 131 Å². The van der Waals surface area contributed by atoms with Crippen molar-refractivity contribution in [2.45, 2.75) is 82.2 Å². The molecule has 1 saturated heterocycles. The third-order valence-corrected chi connectivity index (χ3v) is 7.95. The summed E-state index contributed by atoms with van der Waals surface area (Å²) in [5, 5.41) is 5.98. The van der Waals surface area contributed by atoms with Crippen LogP contribution in [-0.2, 0) is 71.4 Å². The monoisotopic (exact) mass is 770 g/mol. The van der Waals surface area contributed by atoms with Gasteiger partial charge in [-0.3, -0.25) is 24.0 Å². The molecule has 2 rings (SSSR count). The number of esters is 5. The van der Waals surface area contributed by atoms with Crippen molar-refractivity contribution in [3.63, 3.8) is 0 Å². The Hall–Kier alpha value is -4.46. The van der Waals surface area contributed by atoms with Crippen LogP contribution in [0.15, 0.2) is 40.3 Å². The van der Waals surface area contributed by atoms with E-state index in [4.69, 9.17) is 48.2 Å². The molecule has 294 valence electrons. The molecule has 20 heteroatoms. The molecule has 0 aliphatic carbocycles. The number of benzene rings is 1. The number of thioether (sulfide) groups is 1. The lowest BCUT2D eigenvalue weighted by Gasteiger charge is -2.48. The van der Waals surface area contributed by atoms with Crippen LogP contribution < -0.4 is 5.32 Å². The zero-order valence-corrected chi connectivity index (χ0v) is 31.0. The maximum atomic E-state index is 14.1. The standard InChI is InChI=1S/C33H46N4O15S/c1-21(38)36-29-27(49-23(3)40)19-33(48-16-15-45-14-13-44-12-11-35-37-34,32(43)46-17-18-53-26-9-7-6-8-10-26)52-31(29)30(51-25(5)42)28(50-24(4)41)20-47-22(2)39/h6-10,27-31H,11-20H2,1-5H3,(H,36,38)/t27-,28+,29+,30+,31+,33-/m0/s1. The fourth-order valence-electron chi connectivity index (χ4n) is 5.05. The van der Waals surface area contributed by atoms with E-state index in [1.807, 2.05) is 30.3 Å². The van der Waals surface area contributed by atoms with E-state index in [0.717, 1.165) is 32.6 Å². The highest BCUT2D eigenvalue weighted by Crippen LogP contribution is 2.37. The molecular weight excluding hydrogens is 724 g/mol. The Kier molecular flexibility index (Phi) is 20.2. The summed E-state index contributed by atoms with van der Waals surface area (Å²) in [6.45, 7) is 4.90. The lowest BCUT2D eigenvalue weighted by Crippen LogP contribution is -2.69. The van der Waals surface area contributed by atoms with Gasteiger partial charge < -0.3 is 47.9 Å². The van der Waals surface area contributed by atoms with E-state index in [0.29, 0.717) is 5.75 Å². The van der Waals surface area contributed by atoms with Crippen LogP contribution >= 0.6 is 11.8 Å². The Labute approximate surface area is 310 Å². The SMILES string of the molecule is CC(=O)N[C@H]1[C@H]([C@H](OC(C)=O)[C@@H](COC(C)=O)OC(C)=O)O[C@](OCCOCCOCCN=[N+]=[N-])(C(=O)OCCSc2ccccc2)C[C@@H]1OC(C)=O. The first-order valence-electron chi connectivity index (χ1n) is 16.5. The minimum atomic E-state index is -2.38. The van der Waals surface area contributed by atoms with Crippen LogP contribution in [0, 0.1) is 0 Å². The van der Waals surface area contributed by atoms with E-state index in [1.54, 1.807) is 0 Å². The molecule has 6 atom stereocenters. The van der Waals surface area contributed by atoms with E-state index in [9.17, 15) is 28.8 Å². The highest BCUT2D eigenvalue weighted by Gasteiger charge is 2.59. The molecule has 19 nitrogen and oxygen atoms in total. The Bertz CT molecular complexity index is 1410. The smallest absolute Gasteiger partial charge is 0.367 e. The summed E-state index contributed by atoms with van der Waals surface area (Å²) in [7, 11) is 0. The van der Waals surface area contributed by atoms with E-state index in [1.165, 1.54) is 18.7 Å². The molecule has 0 radical (unpaired) electrons. The second-order valence-electron chi connectivity index (χ2n) is 11.3. The van der Waals surface area contributed by atoms with Crippen LogP contribution in [0.5, 0.6) is 0 Å². The van der Waals surface area contributed by atoms with Crippen LogP contribution in [0.1, 0.15) is 41.0 Å². The van der Waals surface area contributed by atoms with Crippen LogP contribution in [0.2, 0.25) is 0 Å². The van der Waals surface area contributed by atoms with Gasteiger partial charge in [-0.05, 0) is 17.7 Å². The molecule has 1 aliphatic rings. The summed E-state index contributed by atoms with van der Waals surface area (Å²) in [6.07, 6.45) is -6.78.